The fourth-order valence-corrected chi connectivity index (χ4v) is 1.18. The summed E-state index contributed by atoms with van der Waals surface area (Å²) >= 11 is 0. The van der Waals surface area contributed by atoms with Crippen molar-refractivity contribution in [3.05, 3.63) is 30.1 Å². The molecular weight excluding hydrogens is 196 g/mol. The van der Waals surface area contributed by atoms with Gasteiger partial charge in [0, 0.05) is 24.5 Å². The summed E-state index contributed by atoms with van der Waals surface area (Å²) in [6, 6.07) is 3.20. The van der Waals surface area contributed by atoms with Gasteiger partial charge in [0.1, 0.15) is 0 Å². The minimum Gasteiger partial charge on any atom is -0.464 e. The van der Waals surface area contributed by atoms with Crippen molar-refractivity contribution in [1.82, 2.24) is 4.98 Å². The molecule has 0 spiro atoms. The van der Waals surface area contributed by atoms with Gasteiger partial charge < -0.3 is 15.6 Å². The Balaban J connectivity index is 3.00. The Bertz CT molecular complexity index is 329. The number of carbonyl (C=O) groups excluding carboxylic acids is 1. The number of aromatic nitrogens is 1. The summed E-state index contributed by atoms with van der Waals surface area (Å²) in [5.74, 6) is -0.750. The van der Waals surface area contributed by atoms with E-state index < -0.39 is 11.6 Å². The van der Waals surface area contributed by atoms with Gasteiger partial charge in [0.2, 0.25) is 5.60 Å². The number of hydrogen-bond acceptors (Lipinski definition) is 5. The highest BCUT2D eigenvalue weighted by Crippen LogP contribution is 2.20. The quantitative estimate of drug-likeness (QED) is 0.672. The summed E-state index contributed by atoms with van der Waals surface area (Å²) in [5.41, 5.74) is 3.93. The summed E-state index contributed by atoms with van der Waals surface area (Å²) in [5, 5.41) is 10.1. The number of ether oxygens (including phenoxy) is 1. The van der Waals surface area contributed by atoms with Gasteiger partial charge in [0.15, 0.2) is 0 Å². The van der Waals surface area contributed by atoms with E-state index in [1.165, 1.54) is 6.20 Å². The monoisotopic (exact) mass is 210 g/mol. The van der Waals surface area contributed by atoms with Crippen LogP contribution in [0.2, 0.25) is 0 Å². The maximum Gasteiger partial charge on any atom is 0.344 e. The van der Waals surface area contributed by atoms with Gasteiger partial charge in [0.25, 0.3) is 0 Å². The molecule has 0 aromatic carbocycles. The van der Waals surface area contributed by atoms with E-state index in [-0.39, 0.29) is 13.2 Å². The van der Waals surface area contributed by atoms with Crippen LogP contribution in [0.25, 0.3) is 0 Å². The molecule has 15 heavy (non-hydrogen) atoms. The molecule has 1 unspecified atom stereocenters. The second-order valence-electron chi connectivity index (χ2n) is 3.03. The minimum atomic E-state index is -1.80. The molecule has 1 aromatic rings. The van der Waals surface area contributed by atoms with Crippen molar-refractivity contribution in [2.75, 3.05) is 13.2 Å². The van der Waals surface area contributed by atoms with Crippen molar-refractivity contribution in [1.29, 1.82) is 0 Å². The van der Waals surface area contributed by atoms with E-state index in [1.807, 2.05) is 0 Å². The Morgan fingerprint density at radius 1 is 1.73 bits per heavy atom. The molecule has 0 aliphatic heterocycles. The number of pyridine rings is 1. The molecule has 5 heteroatoms. The van der Waals surface area contributed by atoms with Crippen molar-refractivity contribution >= 4 is 5.97 Å². The molecule has 0 aliphatic rings. The van der Waals surface area contributed by atoms with Gasteiger partial charge in [-0.3, -0.25) is 4.98 Å². The largest absolute Gasteiger partial charge is 0.464 e. The van der Waals surface area contributed by atoms with Gasteiger partial charge in [0.05, 0.1) is 6.61 Å². The molecule has 0 saturated carbocycles. The number of esters is 1. The Labute approximate surface area is 87.9 Å². The number of aliphatic hydroxyl groups is 1. The lowest BCUT2D eigenvalue weighted by molar-refractivity contribution is -0.165. The van der Waals surface area contributed by atoms with Crippen LogP contribution in [0.1, 0.15) is 12.5 Å². The third-order valence-corrected chi connectivity index (χ3v) is 2.05. The number of rotatable bonds is 4. The predicted molar refractivity (Wildman–Crippen MR) is 53.8 cm³/mol. The first-order valence-electron chi connectivity index (χ1n) is 4.65. The molecule has 1 atom stereocenters. The number of nitrogens with zero attached hydrogens (tertiary/aromatic N) is 1. The van der Waals surface area contributed by atoms with E-state index in [4.69, 9.17) is 10.5 Å². The summed E-state index contributed by atoms with van der Waals surface area (Å²) in [6.07, 6.45) is 2.94. The molecule has 0 aliphatic carbocycles. The highest BCUT2D eigenvalue weighted by molar-refractivity contribution is 5.81. The zero-order valence-corrected chi connectivity index (χ0v) is 8.51. The molecule has 0 saturated heterocycles. The second kappa shape index (κ2) is 4.86. The van der Waals surface area contributed by atoms with Crippen LogP contribution >= 0.6 is 0 Å². The van der Waals surface area contributed by atoms with E-state index in [2.05, 4.69) is 4.98 Å². The first-order valence-corrected chi connectivity index (χ1v) is 4.65. The average Bonchev–Trinajstić information content (AvgIpc) is 2.29. The molecule has 0 amide bonds. The van der Waals surface area contributed by atoms with Crippen LogP contribution in [0.15, 0.2) is 24.5 Å². The lowest BCUT2D eigenvalue weighted by Crippen LogP contribution is -2.44. The van der Waals surface area contributed by atoms with E-state index in [1.54, 1.807) is 25.3 Å². The van der Waals surface area contributed by atoms with Crippen molar-refractivity contribution in [3.8, 4) is 0 Å². The highest BCUT2D eigenvalue weighted by atomic mass is 16.5. The van der Waals surface area contributed by atoms with Crippen LogP contribution in [0.3, 0.4) is 0 Å². The fourth-order valence-electron chi connectivity index (χ4n) is 1.18. The lowest BCUT2D eigenvalue weighted by atomic mass is 9.96. The molecule has 0 radical (unpaired) electrons. The fraction of sp³-hybridized carbons (Fsp3) is 0.400. The Hall–Kier alpha value is -1.46. The smallest absolute Gasteiger partial charge is 0.344 e. The molecule has 5 nitrogen and oxygen atoms in total. The van der Waals surface area contributed by atoms with Crippen LogP contribution in [0, 0.1) is 0 Å². The lowest BCUT2D eigenvalue weighted by Gasteiger charge is -2.23. The average molecular weight is 210 g/mol. The minimum absolute atomic E-state index is 0.196. The number of nitrogens with two attached hydrogens (primary N) is 1. The summed E-state index contributed by atoms with van der Waals surface area (Å²) < 4.78 is 4.76. The molecular formula is C10H14N2O3. The Morgan fingerprint density at radius 2 is 2.47 bits per heavy atom. The van der Waals surface area contributed by atoms with Crippen LogP contribution < -0.4 is 5.73 Å². The zero-order valence-electron chi connectivity index (χ0n) is 8.51. The molecule has 1 rings (SSSR count). The van der Waals surface area contributed by atoms with Gasteiger partial charge in [-0.15, -0.1) is 0 Å². The second-order valence-corrected chi connectivity index (χ2v) is 3.03. The summed E-state index contributed by atoms with van der Waals surface area (Å²) in [7, 11) is 0. The standard InChI is InChI=1S/C10H14N2O3/c1-2-15-9(13)10(14,7-11)8-4-3-5-12-6-8/h3-6,14H,2,7,11H2,1H3. The van der Waals surface area contributed by atoms with Crippen molar-refractivity contribution in [2.45, 2.75) is 12.5 Å². The molecule has 82 valence electrons. The molecule has 1 heterocycles. The Kier molecular flexibility index (Phi) is 3.76. The van der Waals surface area contributed by atoms with Gasteiger partial charge in [-0.1, -0.05) is 6.07 Å². The van der Waals surface area contributed by atoms with E-state index in [0.717, 1.165) is 0 Å². The third-order valence-electron chi connectivity index (χ3n) is 2.05. The highest BCUT2D eigenvalue weighted by Gasteiger charge is 2.38. The topological polar surface area (TPSA) is 85.4 Å². The van der Waals surface area contributed by atoms with E-state index in [0.29, 0.717) is 5.56 Å². The Morgan fingerprint density at radius 3 is 2.93 bits per heavy atom. The van der Waals surface area contributed by atoms with E-state index in [9.17, 15) is 9.90 Å². The first kappa shape index (κ1) is 11.6. The van der Waals surface area contributed by atoms with E-state index >= 15 is 0 Å². The SMILES string of the molecule is CCOC(=O)C(O)(CN)c1cccnc1. The normalized spacial score (nSPS) is 14.3. The summed E-state index contributed by atoms with van der Waals surface area (Å²) in [6.45, 7) is 1.62. The third kappa shape index (κ3) is 2.31. The van der Waals surface area contributed by atoms with Crippen LogP contribution in [-0.2, 0) is 15.1 Å². The van der Waals surface area contributed by atoms with Crippen LogP contribution in [-0.4, -0.2) is 29.2 Å². The predicted octanol–water partition coefficient (Wildman–Crippen LogP) is -0.209. The van der Waals surface area contributed by atoms with Crippen LogP contribution in [0.4, 0.5) is 0 Å². The maximum atomic E-state index is 11.5. The molecule has 0 bridgehead atoms. The van der Waals surface area contributed by atoms with Crippen LogP contribution in [0.5, 0.6) is 0 Å². The first-order chi connectivity index (χ1) is 7.15. The van der Waals surface area contributed by atoms with Gasteiger partial charge in [-0.2, -0.15) is 0 Å². The van der Waals surface area contributed by atoms with Gasteiger partial charge in [-0.25, -0.2) is 4.79 Å². The molecule has 0 fully saturated rings. The van der Waals surface area contributed by atoms with Crippen molar-refractivity contribution in [2.24, 2.45) is 5.73 Å². The van der Waals surface area contributed by atoms with Crippen molar-refractivity contribution in [3.63, 3.8) is 0 Å². The zero-order chi connectivity index (χ0) is 11.3. The molecule has 3 N–H and O–H groups in total. The number of carbonyl (C=O) groups is 1. The maximum absolute atomic E-state index is 11.5. The van der Waals surface area contributed by atoms with Crippen molar-refractivity contribution < 1.29 is 14.6 Å². The van der Waals surface area contributed by atoms with Gasteiger partial charge >= 0.3 is 5.97 Å². The number of hydrogen-bond donors (Lipinski definition) is 2. The molecule has 1 aromatic heterocycles. The summed E-state index contributed by atoms with van der Waals surface area (Å²) in [4.78, 5) is 15.3. The van der Waals surface area contributed by atoms with Gasteiger partial charge in [-0.05, 0) is 13.0 Å².